The van der Waals surface area contributed by atoms with Gasteiger partial charge in [-0.2, -0.15) is 13.2 Å². The van der Waals surface area contributed by atoms with Crippen LogP contribution in [-0.2, 0) is 11.0 Å². The van der Waals surface area contributed by atoms with Crippen molar-refractivity contribution < 1.29 is 18.0 Å². The maximum absolute atomic E-state index is 12.9. The van der Waals surface area contributed by atoms with Crippen molar-refractivity contribution in [2.75, 3.05) is 5.32 Å². The van der Waals surface area contributed by atoms with E-state index in [2.05, 4.69) is 5.32 Å². The van der Waals surface area contributed by atoms with Crippen molar-refractivity contribution >= 4 is 46.6 Å². The van der Waals surface area contributed by atoms with Crippen LogP contribution in [0.2, 0.25) is 10.0 Å². The normalized spacial score (nSPS) is 12.8. The van der Waals surface area contributed by atoms with E-state index in [-0.39, 0.29) is 10.9 Å². The van der Waals surface area contributed by atoms with Gasteiger partial charge in [0.15, 0.2) is 0 Å². The number of amides is 1. The summed E-state index contributed by atoms with van der Waals surface area (Å²) in [6, 6.07) is 10.1. The summed E-state index contributed by atoms with van der Waals surface area (Å²) in [7, 11) is 0. The molecule has 0 aliphatic heterocycles. The van der Waals surface area contributed by atoms with Crippen LogP contribution in [0.4, 0.5) is 18.9 Å². The quantitative estimate of drug-likeness (QED) is 0.632. The molecule has 2 rings (SSSR count). The molecule has 0 saturated heterocycles. The minimum atomic E-state index is -4.54. The van der Waals surface area contributed by atoms with E-state index in [1.807, 2.05) is 0 Å². The molecule has 0 aliphatic rings. The van der Waals surface area contributed by atoms with Crippen molar-refractivity contribution in [1.82, 2.24) is 0 Å². The second-order valence-corrected chi connectivity index (χ2v) is 7.15. The number of halogens is 5. The Morgan fingerprint density at radius 3 is 2.33 bits per heavy atom. The highest BCUT2D eigenvalue weighted by molar-refractivity contribution is 8.00. The second kappa shape index (κ2) is 7.68. The lowest BCUT2D eigenvalue weighted by Gasteiger charge is -2.14. The Hall–Kier alpha value is -1.37. The van der Waals surface area contributed by atoms with E-state index >= 15 is 0 Å². The van der Waals surface area contributed by atoms with Gasteiger partial charge in [-0.05, 0) is 49.4 Å². The highest BCUT2D eigenvalue weighted by atomic mass is 35.5. The number of nitrogens with one attached hydrogen (secondary N) is 1. The van der Waals surface area contributed by atoms with E-state index in [0.717, 1.165) is 17.8 Å². The van der Waals surface area contributed by atoms with Gasteiger partial charge in [0, 0.05) is 15.6 Å². The lowest BCUT2D eigenvalue weighted by Crippen LogP contribution is -2.22. The van der Waals surface area contributed by atoms with Gasteiger partial charge >= 0.3 is 6.18 Å². The molecule has 1 amide bonds. The molecule has 0 saturated carbocycles. The van der Waals surface area contributed by atoms with Crippen LogP contribution in [0.15, 0.2) is 47.4 Å². The third-order valence-corrected chi connectivity index (χ3v) is 4.71. The van der Waals surface area contributed by atoms with Crippen LogP contribution in [0, 0.1) is 0 Å². The summed E-state index contributed by atoms with van der Waals surface area (Å²) in [6.45, 7) is 1.61. The molecule has 0 bridgehead atoms. The molecular formula is C16H12Cl2F3NOS. The topological polar surface area (TPSA) is 29.1 Å². The highest BCUT2D eigenvalue weighted by Crippen LogP contribution is 2.37. The summed E-state index contributed by atoms with van der Waals surface area (Å²) in [6.07, 6.45) is -4.54. The fraction of sp³-hybridized carbons (Fsp3) is 0.188. The van der Waals surface area contributed by atoms with Crippen LogP contribution >= 0.6 is 35.0 Å². The van der Waals surface area contributed by atoms with Gasteiger partial charge in [-0.25, -0.2) is 0 Å². The van der Waals surface area contributed by atoms with Gasteiger partial charge in [0.05, 0.1) is 15.8 Å². The zero-order valence-electron chi connectivity index (χ0n) is 12.3. The van der Waals surface area contributed by atoms with Crippen molar-refractivity contribution in [1.29, 1.82) is 0 Å². The number of thioether (sulfide) groups is 1. The summed E-state index contributed by atoms with van der Waals surface area (Å²) in [5.74, 6) is -0.328. The number of carbonyl (C=O) groups excluding carboxylic acids is 1. The van der Waals surface area contributed by atoms with Gasteiger partial charge in [0.1, 0.15) is 0 Å². The third-order valence-electron chi connectivity index (χ3n) is 3.04. The Morgan fingerprint density at radius 1 is 1.12 bits per heavy atom. The molecule has 0 aromatic heterocycles. The van der Waals surface area contributed by atoms with Gasteiger partial charge in [-0.3, -0.25) is 4.79 Å². The molecule has 1 N–H and O–H groups in total. The lowest BCUT2D eigenvalue weighted by molar-refractivity contribution is -0.137. The van der Waals surface area contributed by atoms with E-state index in [1.165, 1.54) is 12.1 Å². The van der Waals surface area contributed by atoms with E-state index in [4.69, 9.17) is 23.2 Å². The average Bonchev–Trinajstić information content (AvgIpc) is 2.50. The fourth-order valence-corrected chi connectivity index (χ4v) is 3.09. The Bertz CT molecular complexity index is 735. The number of hydrogen-bond acceptors (Lipinski definition) is 2. The van der Waals surface area contributed by atoms with Crippen LogP contribution < -0.4 is 5.32 Å². The summed E-state index contributed by atoms with van der Waals surface area (Å²) < 4.78 is 38.6. The standard InChI is InChI=1S/C16H12Cl2F3NOS/c1-9(15(23)22-11-4-2-10(17)3-5-11)24-12-6-7-14(18)13(8-12)16(19,20)21/h2-9H,1H3,(H,22,23)/t9-/m0/s1. The number of alkyl halides is 3. The van der Waals surface area contributed by atoms with Gasteiger partial charge in [0.25, 0.3) is 0 Å². The number of hydrogen-bond donors (Lipinski definition) is 1. The third kappa shape index (κ3) is 5.06. The zero-order valence-corrected chi connectivity index (χ0v) is 14.7. The van der Waals surface area contributed by atoms with Crippen LogP contribution in [0.5, 0.6) is 0 Å². The summed E-state index contributed by atoms with van der Waals surface area (Å²) in [4.78, 5) is 12.4. The SMILES string of the molecule is C[C@H](Sc1ccc(Cl)c(C(F)(F)F)c1)C(=O)Nc1ccc(Cl)cc1. The molecule has 1 atom stereocenters. The molecule has 0 heterocycles. The minimum absolute atomic E-state index is 0.311. The maximum Gasteiger partial charge on any atom is 0.417 e. The molecule has 0 spiro atoms. The first kappa shape index (κ1) is 19.0. The Morgan fingerprint density at radius 2 is 1.75 bits per heavy atom. The van der Waals surface area contributed by atoms with Crippen molar-refractivity contribution in [3.05, 3.63) is 58.1 Å². The lowest BCUT2D eigenvalue weighted by atomic mass is 10.2. The van der Waals surface area contributed by atoms with Crippen molar-refractivity contribution in [2.45, 2.75) is 23.2 Å². The number of carbonyl (C=O) groups is 1. The summed E-state index contributed by atoms with van der Waals surface area (Å²) in [5.41, 5.74) is -0.358. The van der Waals surface area contributed by atoms with Crippen molar-refractivity contribution in [2.24, 2.45) is 0 Å². The first-order chi connectivity index (χ1) is 11.2. The molecule has 128 valence electrons. The van der Waals surface area contributed by atoms with Crippen molar-refractivity contribution in [3.63, 3.8) is 0 Å². The van der Waals surface area contributed by atoms with Gasteiger partial charge in [-0.15, -0.1) is 11.8 Å². The molecule has 0 fully saturated rings. The smallest absolute Gasteiger partial charge is 0.325 e. The van der Waals surface area contributed by atoms with E-state index in [9.17, 15) is 18.0 Å². The molecular weight excluding hydrogens is 382 g/mol. The van der Waals surface area contributed by atoms with Gasteiger partial charge in [-0.1, -0.05) is 23.2 Å². The second-order valence-electron chi connectivity index (χ2n) is 4.90. The maximum atomic E-state index is 12.9. The largest absolute Gasteiger partial charge is 0.417 e. The van der Waals surface area contributed by atoms with Crippen molar-refractivity contribution in [3.8, 4) is 0 Å². The monoisotopic (exact) mass is 393 g/mol. The Balaban J connectivity index is 2.07. The van der Waals surface area contributed by atoms with Crippen LogP contribution in [-0.4, -0.2) is 11.2 Å². The van der Waals surface area contributed by atoms with Crippen LogP contribution in [0.3, 0.4) is 0 Å². The van der Waals surface area contributed by atoms with Gasteiger partial charge < -0.3 is 5.32 Å². The Kier molecular flexibility index (Phi) is 6.06. The van der Waals surface area contributed by atoms with E-state index in [1.54, 1.807) is 31.2 Å². The predicted octanol–water partition coefficient (Wildman–Crippen LogP) is 6.13. The van der Waals surface area contributed by atoms with Gasteiger partial charge in [0.2, 0.25) is 5.91 Å². The summed E-state index contributed by atoms with van der Waals surface area (Å²) in [5, 5.41) is 2.25. The molecule has 2 aromatic carbocycles. The predicted molar refractivity (Wildman–Crippen MR) is 91.9 cm³/mol. The first-order valence-corrected chi connectivity index (χ1v) is 8.40. The molecule has 24 heavy (non-hydrogen) atoms. The molecule has 2 aromatic rings. The molecule has 2 nitrogen and oxygen atoms in total. The highest BCUT2D eigenvalue weighted by Gasteiger charge is 2.33. The fourth-order valence-electron chi connectivity index (χ4n) is 1.83. The van der Waals surface area contributed by atoms with Crippen LogP contribution in [0.1, 0.15) is 12.5 Å². The molecule has 8 heteroatoms. The molecule has 0 unspecified atom stereocenters. The number of anilines is 1. The van der Waals surface area contributed by atoms with Crippen LogP contribution in [0.25, 0.3) is 0 Å². The first-order valence-electron chi connectivity index (χ1n) is 6.76. The number of benzene rings is 2. The van der Waals surface area contributed by atoms with E-state index in [0.29, 0.717) is 15.6 Å². The number of rotatable bonds is 4. The average molecular weight is 394 g/mol. The zero-order chi connectivity index (χ0) is 17.9. The Labute approximate surface area is 151 Å². The minimum Gasteiger partial charge on any atom is -0.325 e. The van der Waals surface area contributed by atoms with E-state index < -0.39 is 17.0 Å². The summed E-state index contributed by atoms with van der Waals surface area (Å²) >= 11 is 12.4. The molecule has 0 aliphatic carbocycles. The molecule has 0 radical (unpaired) electrons.